The number of hydrogen-bond acceptors (Lipinski definition) is 5. The predicted molar refractivity (Wildman–Crippen MR) is 178 cm³/mol. The zero-order chi connectivity index (χ0) is 32.0. The Kier molecular flexibility index (Phi) is 19.6. The van der Waals surface area contributed by atoms with Crippen molar-refractivity contribution >= 4 is 11.9 Å². The minimum atomic E-state index is -0.390. The molecular formula is C37H57NO5. The van der Waals surface area contributed by atoms with Crippen LogP contribution < -0.4 is 5.32 Å². The van der Waals surface area contributed by atoms with Crippen LogP contribution in [0.5, 0.6) is 11.5 Å². The first-order chi connectivity index (χ1) is 20.5. The van der Waals surface area contributed by atoms with Crippen LogP contribution in [0.25, 0.3) is 0 Å². The van der Waals surface area contributed by atoms with Crippen molar-refractivity contribution in [1.29, 1.82) is 0 Å². The van der Waals surface area contributed by atoms with Crippen LogP contribution in [0.4, 0.5) is 0 Å². The lowest BCUT2D eigenvalue weighted by Crippen LogP contribution is -2.30. The Labute approximate surface area is 261 Å². The van der Waals surface area contributed by atoms with E-state index in [0.717, 1.165) is 55.6 Å². The van der Waals surface area contributed by atoms with Gasteiger partial charge in [0.25, 0.3) is 5.91 Å². The van der Waals surface area contributed by atoms with E-state index in [1.54, 1.807) is 6.07 Å². The highest BCUT2D eigenvalue weighted by Crippen LogP contribution is 2.24. The summed E-state index contributed by atoms with van der Waals surface area (Å²) in [5, 5.41) is 21.6. The SMILES string of the molecule is C/C(=C/CC/C(C)=C/CC/C=C(\C)CC/C=C(\C)CCC(=O)OCC(=O)NCCc1ccc(O)c(O)c1)CCCC(C)C. The summed E-state index contributed by atoms with van der Waals surface area (Å²) in [5.41, 5.74) is 6.32. The maximum atomic E-state index is 12.0. The molecule has 6 nitrogen and oxygen atoms in total. The molecule has 1 amide bonds. The Morgan fingerprint density at radius 1 is 0.767 bits per heavy atom. The van der Waals surface area contributed by atoms with Gasteiger partial charge in [-0.1, -0.05) is 72.9 Å². The number of nitrogens with one attached hydrogen (secondary N) is 1. The minimum absolute atomic E-state index is 0.182. The highest BCUT2D eigenvalue weighted by molar-refractivity contribution is 5.80. The maximum Gasteiger partial charge on any atom is 0.306 e. The van der Waals surface area contributed by atoms with Crippen molar-refractivity contribution in [3.8, 4) is 11.5 Å². The Hall–Kier alpha value is -3.28. The quantitative estimate of drug-likeness (QED) is 0.0570. The van der Waals surface area contributed by atoms with E-state index in [1.807, 2.05) is 6.92 Å². The zero-order valence-corrected chi connectivity index (χ0v) is 27.6. The number of rotatable bonds is 21. The van der Waals surface area contributed by atoms with Gasteiger partial charge in [-0.05, 0) is 116 Å². The molecular weight excluding hydrogens is 538 g/mol. The van der Waals surface area contributed by atoms with Crippen LogP contribution in [0.1, 0.15) is 118 Å². The van der Waals surface area contributed by atoms with Gasteiger partial charge in [0, 0.05) is 13.0 Å². The van der Waals surface area contributed by atoms with Crippen molar-refractivity contribution < 1.29 is 24.5 Å². The van der Waals surface area contributed by atoms with Crippen molar-refractivity contribution in [2.24, 2.45) is 5.92 Å². The summed E-state index contributed by atoms with van der Waals surface area (Å²) in [4.78, 5) is 24.0. The topological polar surface area (TPSA) is 95.9 Å². The van der Waals surface area contributed by atoms with Crippen LogP contribution in [0.2, 0.25) is 0 Å². The number of hydrogen-bond donors (Lipinski definition) is 3. The summed E-state index contributed by atoms with van der Waals surface area (Å²) >= 11 is 0. The van der Waals surface area contributed by atoms with Crippen LogP contribution in [0, 0.1) is 5.92 Å². The molecule has 0 fully saturated rings. The predicted octanol–water partition coefficient (Wildman–Crippen LogP) is 9.03. The molecule has 0 aliphatic heterocycles. The molecule has 6 heteroatoms. The van der Waals surface area contributed by atoms with Crippen LogP contribution >= 0.6 is 0 Å². The van der Waals surface area contributed by atoms with Gasteiger partial charge in [0.1, 0.15) is 0 Å². The molecule has 1 aromatic carbocycles. The molecule has 1 rings (SSSR count). The molecule has 0 aromatic heterocycles. The van der Waals surface area contributed by atoms with Crippen LogP contribution in [-0.4, -0.2) is 35.2 Å². The standard InChI is InChI=1S/C37H57NO5/c1-28(2)12-9-15-31(5)18-10-16-29(3)13-7-8-14-30(4)17-11-19-32(6)20-23-37(42)43-27-36(41)38-25-24-33-21-22-34(39)35(40)26-33/h13-14,18-19,21-22,26,28,39-40H,7-12,15-17,20,23-25,27H2,1-6H3,(H,38,41)/b29-13+,30-14+,31-18-,32-19+. The monoisotopic (exact) mass is 595 g/mol. The van der Waals surface area contributed by atoms with Crippen LogP contribution in [0.15, 0.2) is 64.8 Å². The Morgan fingerprint density at radius 3 is 1.91 bits per heavy atom. The minimum Gasteiger partial charge on any atom is -0.504 e. The number of esters is 1. The molecule has 43 heavy (non-hydrogen) atoms. The Morgan fingerprint density at radius 2 is 1.33 bits per heavy atom. The van der Waals surface area contributed by atoms with Gasteiger partial charge in [0.2, 0.25) is 0 Å². The molecule has 3 N–H and O–H groups in total. The third kappa shape index (κ3) is 20.3. The van der Waals surface area contributed by atoms with E-state index < -0.39 is 5.97 Å². The number of carbonyl (C=O) groups excluding carboxylic acids is 2. The largest absolute Gasteiger partial charge is 0.504 e. The van der Waals surface area contributed by atoms with Crippen LogP contribution in [-0.2, 0) is 20.7 Å². The molecule has 0 spiro atoms. The highest BCUT2D eigenvalue weighted by atomic mass is 16.5. The van der Waals surface area contributed by atoms with Gasteiger partial charge in [0.15, 0.2) is 18.1 Å². The summed E-state index contributed by atoms with van der Waals surface area (Å²) in [6.45, 7) is 13.3. The van der Waals surface area contributed by atoms with Crippen molar-refractivity contribution in [3.05, 3.63) is 70.4 Å². The van der Waals surface area contributed by atoms with Gasteiger partial charge in [-0.2, -0.15) is 0 Å². The van der Waals surface area contributed by atoms with E-state index in [-0.39, 0.29) is 30.4 Å². The first-order valence-corrected chi connectivity index (χ1v) is 16.0. The third-order valence-corrected chi connectivity index (χ3v) is 7.43. The number of benzene rings is 1. The first-order valence-electron chi connectivity index (χ1n) is 16.0. The van der Waals surface area contributed by atoms with Crippen molar-refractivity contribution in [2.45, 2.75) is 119 Å². The zero-order valence-electron chi connectivity index (χ0n) is 27.6. The molecule has 240 valence electrons. The molecule has 0 radical (unpaired) electrons. The van der Waals surface area contributed by atoms with E-state index in [4.69, 9.17) is 4.74 Å². The summed E-state index contributed by atoms with van der Waals surface area (Å²) in [6, 6.07) is 4.53. The van der Waals surface area contributed by atoms with Gasteiger partial charge in [-0.3, -0.25) is 9.59 Å². The second-order valence-corrected chi connectivity index (χ2v) is 12.2. The van der Waals surface area contributed by atoms with E-state index in [2.05, 4.69) is 64.2 Å². The average Bonchev–Trinajstić information content (AvgIpc) is 2.94. The third-order valence-electron chi connectivity index (χ3n) is 7.43. The lowest BCUT2D eigenvalue weighted by atomic mass is 10.0. The fourth-order valence-corrected chi connectivity index (χ4v) is 4.59. The number of carbonyl (C=O) groups is 2. The molecule has 0 bridgehead atoms. The number of phenols is 2. The lowest BCUT2D eigenvalue weighted by Gasteiger charge is -2.08. The summed E-state index contributed by atoms with van der Waals surface area (Å²) < 4.78 is 5.09. The van der Waals surface area contributed by atoms with Gasteiger partial charge in [-0.15, -0.1) is 0 Å². The fraction of sp³-hybridized carbons (Fsp3) is 0.568. The lowest BCUT2D eigenvalue weighted by molar-refractivity contribution is -0.148. The number of aromatic hydroxyl groups is 2. The maximum absolute atomic E-state index is 12.0. The van der Waals surface area contributed by atoms with Crippen LogP contribution in [0.3, 0.4) is 0 Å². The molecule has 0 saturated heterocycles. The molecule has 0 aliphatic carbocycles. The Balaban J connectivity index is 2.17. The summed E-state index contributed by atoms with van der Waals surface area (Å²) in [5.74, 6) is -0.342. The van der Waals surface area contributed by atoms with Gasteiger partial charge in [0.05, 0.1) is 0 Å². The van der Waals surface area contributed by atoms with E-state index in [0.29, 0.717) is 19.4 Å². The molecule has 0 saturated carbocycles. The van der Waals surface area contributed by atoms with E-state index >= 15 is 0 Å². The number of ether oxygens (including phenoxy) is 1. The number of allylic oxidation sites excluding steroid dienone is 8. The molecule has 0 atom stereocenters. The molecule has 1 aromatic rings. The molecule has 0 aliphatic rings. The smallest absolute Gasteiger partial charge is 0.306 e. The molecule has 0 heterocycles. The number of unbranched alkanes of at least 4 members (excludes halogenated alkanes) is 1. The first kappa shape index (κ1) is 37.7. The van der Waals surface area contributed by atoms with Gasteiger partial charge in [-0.25, -0.2) is 0 Å². The van der Waals surface area contributed by atoms with Gasteiger partial charge < -0.3 is 20.3 Å². The van der Waals surface area contributed by atoms with E-state index in [1.165, 1.54) is 48.1 Å². The molecule has 0 unspecified atom stereocenters. The van der Waals surface area contributed by atoms with Crippen molar-refractivity contribution in [1.82, 2.24) is 5.32 Å². The van der Waals surface area contributed by atoms with Gasteiger partial charge >= 0.3 is 5.97 Å². The fourth-order valence-electron chi connectivity index (χ4n) is 4.59. The van der Waals surface area contributed by atoms with E-state index in [9.17, 15) is 19.8 Å². The number of phenolic OH excluding ortho intramolecular Hbond substituents is 2. The Bertz CT molecular complexity index is 1110. The number of amides is 1. The highest BCUT2D eigenvalue weighted by Gasteiger charge is 2.08. The van der Waals surface area contributed by atoms with Crippen molar-refractivity contribution in [2.75, 3.05) is 13.2 Å². The average molecular weight is 596 g/mol. The summed E-state index contributed by atoms with van der Waals surface area (Å²) in [7, 11) is 0. The normalized spacial score (nSPS) is 13.0. The summed E-state index contributed by atoms with van der Waals surface area (Å²) in [6.07, 6.45) is 20.9. The van der Waals surface area contributed by atoms with Crippen molar-refractivity contribution in [3.63, 3.8) is 0 Å². The second kappa shape index (κ2) is 22.3. The second-order valence-electron chi connectivity index (χ2n) is 12.2.